The minimum Gasteiger partial charge on any atom is -0.496 e. The molecule has 4 aromatic carbocycles. The Balaban J connectivity index is 1.60. The lowest BCUT2D eigenvalue weighted by molar-refractivity contribution is -0.121. The van der Waals surface area contributed by atoms with Crippen molar-refractivity contribution in [2.75, 3.05) is 16.9 Å². The average Bonchev–Trinajstić information content (AvgIpc) is 2.94. The quantitative estimate of drug-likeness (QED) is 0.122. The van der Waals surface area contributed by atoms with Crippen molar-refractivity contribution in [2.24, 2.45) is 0 Å². The van der Waals surface area contributed by atoms with Crippen LogP contribution in [0.1, 0.15) is 16.7 Å². The fourth-order valence-electron chi connectivity index (χ4n) is 4.41. The van der Waals surface area contributed by atoms with Gasteiger partial charge < -0.3 is 4.74 Å². The predicted molar refractivity (Wildman–Crippen MR) is 164 cm³/mol. The van der Waals surface area contributed by atoms with Crippen LogP contribution in [0, 0.1) is 3.57 Å². The number of ether oxygens (including phenoxy) is 1. The molecule has 194 valence electrons. The number of nitrogens with zero attached hydrogens (tertiary/aromatic N) is 2. The standard InChI is InChI=1S/C31H22BrIN2O4/c1-39-28-18-20(17-27(33)24(28)19-21-10-8-9-15-26(21)32)16-25-29(36)34(22-11-4-2-5-12-22)31(38)35(30(25)37)23-13-6-3-7-14-23/h2-18H,19H2,1H3. The van der Waals surface area contributed by atoms with Crippen LogP contribution in [0.5, 0.6) is 5.75 Å². The number of carbonyl (C=O) groups excluding carboxylic acids is 3. The third kappa shape index (κ3) is 5.39. The molecule has 1 fully saturated rings. The molecule has 0 saturated carbocycles. The van der Waals surface area contributed by atoms with Crippen LogP contribution < -0.4 is 14.5 Å². The van der Waals surface area contributed by atoms with Crippen LogP contribution in [0.3, 0.4) is 0 Å². The van der Waals surface area contributed by atoms with Crippen molar-refractivity contribution in [3.63, 3.8) is 0 Å². The van der Waals surface area contributed by atoms with E-state index in [9.17, 15) is 14.4 Å². The van der Waals surface area contributed by atoms with Crippen LogP contribution in [0.4, 0.5) is 16.2 Å². The first kappa shape index (κ1) is 26.8. The summed E-state index contributed by atoms with van der Waals surface area (Å²) in [6, 6.07) is 28.1. The van der Waals surface area contributed by atoms with Crippen molar-refractivity contribution in [3.8, 4) is 5.75 Å². The second-order valence-corrected chi connectivity index (χ2v) is 10.8. The molecular formula is C31H22BrIN2O4. The highest BCUT2D eigenvalue weighted by Crippen LogP contribution is 2.33. The van der Waals surface area contributed by atoms with Gasteiger partial charge in [0.25, 0.3) is 11.8 Å². The summed E-state index contributed by atoms with van der Waals surface area (Å²) in [6.07, 6.45) is 2.16. The number of imide groups is 2. The summed E-state index contributed by atoms with van der Waals surface area (Å²) >= 11 is 5.85. The molecule has 5 rings (SSSR count). The molecule has 6 nitrogen and oxygen atoms in total. The molecule has 8 heteroatoms. The van der Waals surface area contributed by atoms with Gasteiger partial charge in [-0.25, -0.2) is 14.6 Å². The number of anilines is 2. The van der Waals surface area contributed by atoms with Crippen molar-refractivity contribution < 1.29 is 19.1 Å². The number of halogens is 2. The first-order valence-corrected chi connectivity index (χ1v) is 13.9. The van der Waals surface area contributed by atoms with Gasteiger partial charge in [-0.1, -0.05) is 70.5 Å². The minimum atomic E-state index is -0.726. The van der Waals surface area contributed by atoms with Crippen molar-refractivity contribution in [1.82, 2.24) is 0 Å². The average molecular weight is 693 g/mol. The third-order valence-corrected chi connectivity index (χ3v) is 8.05. The first-order chi connectivity index (χ1) is 18.9. The Bertz CT molecular complexity index is 1540. The number of benzene rings is 4. The van der Waals surface area contributed by atoms with Gasteiger partial charge in [-0.05, 0) is 82.3 Å². The van der Waals surface area contributed by atoms with E-state index in [-0.39, 0.29) is 5.57 Å². The number of para-hydroxylation sites is 2. The van der Waals surface area contributed by atoms with Crippen LogP contribution in [0.2, 0.25) is 0 Å². The van der Waals surface area contributed by atoms with E-state index < -0.39 is 17.8 Å². The number of carbonyl (C=O) groups is 3. The Kier molecular flexibility index (Phi) is 7.94. The van der Waals surface area contributed by atoms with E-state index in [0.29, 0.717) is 29.1 Å². The van der Waals surface area contributed by atoms with Crippen molar-refractivity contribution in [3.05, 3.63) is 127 Å². The van der Waals surface area contributed by atoms with Gasteiger partial charge in [0, 0.05) is 20.0 Å². The van der Waals surface area contributed by atoms with Crippen LogP contribution in [-0.4, -0.2) is 25.0 Å². The normalized spacial score (nSPS) is 13.6. The molecule has 39 heavy (non-hydrogen) atoms. The molecule has 0 spiro atoms. The predicted octanol–water partition coefficient (Wildman–Crippen LogP) is 7.24. The van der Waals surface area contributed by atoms with Crippen molar-refractivity contribution in [2.45, 2.75) is 6.42 Å². The Morgan fingerprint density at radius 2 is 1.33 bits per heavy atom. The first-order valence-electron chi connectivity index (χ1n) is 12.0. The second-order valence-electron chi connectivity index (χ2n) is 8.74. The van der Waals surface area contributed by atoms with E-state index in [1.807, 2.05) is 30.3 Å². The third-order valence-electron chi connectivity index (χ3n) is 6.31. The monoisotopic (exact) mass is 692 g/mol. The fourth-order valence-corrected chi connectivity index (χ4v) is 5.65. The van der Waals surface area contributed by atoms with Gasteiger partial charge in [-0.3, -0.25) is 9.59 Å². The number of urea groups is 1. The SMILES string of the molecule is COc1cc(C=C2C(=O)N(c3ccccc3)C(=O)N(c3ccccc3)C2=O)cc(I)c1Cc1ccccc1Br. The van der Waals surface area contributed by atoms with E-state index >= 15 is 0 Å². The number of amides is 4. The van der Waals surface area contributed by atoms with E-state index in [2.05, 4.69) is 38.5 Å². The summed E-state index contributed by atoms with van der Waals surface area (Å²) in [5, 5.41) is 0. The highest BCUT2D eigenvalue weighted by Gasteiger charge is 2.43. The van der Waals surface area contributed by atoms with Gasteiger partial charge >= 0.3 is 6.03 Å². The molecule has 1 aliphatic rings. The van der Waals surface area contributed by atoms with Crippen LogP contribution in [0.25, 0.3) is 6.08 Å². The summed E-state index contributed by atoms with van der Waals surface area (Å²) in [5.41, 5.74) is 3.33. The maximum absolute atomic E-state index is 13.7. The lowest BCUT2D eigenvalue weighted by atomic mass is 10.00. The second kappa shape index (κ2) is 11.5. The number of hydrogen-bond donors (Lipinski definition) is 0. The fraction of sp³-hybridized carbons (Fsp3) is 0.0645. The number of barbiturate groups is 1. The number of hydrogen-bond acceptors (Lipinski definition) is 4. The zero-order valence-electron chi connectivity index (χ0n) is 20.8. The van der Waals surface area contributed by atoms with Crippen LogP contribution >= 0.6 is 38.5 Å². The van der Waals surface area contributed by atoms with Gasteiger partial charge in [0.1, 0.15) is 11.3 Å². The Morgan fingerprint density at radius 3 is 1.87 bits per heavy atom. The molecule has 4 amide bonds. The van der Waals surface area contributed by atoms with E-state index in [1.165, 1.54) is 6.08 Å². The zero-order valence-corrected chi connectivity index (χ0v) is 24.5. The molecule has 0 bridgehead atoms. The minimum absolute atomic E-state index is 0.126. The lowest BCUT2D eigenvalue weighted by Gasteiger charge is -2.34. The summed E-state index contributed by atoms with van der Waals surface area (Å²) in [5.74, 6) is -0.736. The highest BCUT2D eigenvalue weighted by molar-refractivity contribution is 14.1. The van der Waals surface area contributed by atoms with E-state index in [4.69, 9.17) is 4.74 Å². The summed E-state index contributed by atoms with van der Waals surface area (Å²) in [7, 11) is 1.59. The molecule has 1 aliphatic heterocycles. The smallest absolute Gasteiger partial charge is 0.343 e. The maximum Gasteiger partial charge on any atom is 0.343 e. The van der Waals surface area contributed by atoms with Crippen molar-refractivity contribution >= 4 is 73.8 Å². The summed E-state index contributed by atoms with van der Waals surface area (Å²) < 4.78 is 7.64. The largest absolute Gasteiger partial charge is 0.496 e. The molecule has 0 atom stereocenters. The van der Waals surface area contributed by atoms with Gasteiger partial charge in [-0.15, -0.1) is 0 Å². The number of rotatable bonds is 6. The lowest BCUT2D eigenvalue weighted by Crippen LogP contribution is -2.57. The van der Waals surface area contributed by atoms with Gasteiger partial charge in [-0.2, -0.15) is 0 Å². The molecule has 0 N–H and O–H groups in total. The molecule has 0 radical (unpaired) electrons. The molecule has 0 aromatic heterocycles. The molecular weight excluding hydrogens is 671 g/mol. The maximum atomic E-state index is 13.7. The van der Waals surface area contributed by atoms with Gasteiger partial charge in [0.2, 0.25) is 0 Å². The Morgan fingerprint density at radius 1 is 0.795 bits per heavy atom. The van der Waals surface area contributed by atoms with Gasteiger partial charge in [0.05, 0.1) is 18.5 Å². The van der Waals surface area contributed by atoms with Crippen LogP contribution in [-0.2, 0) is 16.0 Å². The van der Waals surface area contributed by atoms with Crippen molar-refractivity contribution in [1.29, 1.82) is 0 Å². The van der Waals surface area contributed by atoms with Gasteiger partial charge in [0.15, 0.2) is 0 Å². The Hall–Kier alpha value is -3.76. The zero-order chi connectivity index (χ0) is 27.5. The molecule has 0 unspecified atom stereocenters. The topological polar surface area (TPSA) is 66.9 Å². The highest BCUT2D eigenvalue weighted by atomic mass is 127. The summed E-state index contributed by atoms with van der Waals surface area (Å²) in [6.45, 7) is 0. The van der Waals surface area contributed by atoms with Crippen LogP contribution in [0.15, 0.2) is 107 Å². The summed E-state index contributed by atoms with van der Waals surface area (Å²) in [4.78, 5) is 42.9. The molecule has 0 aliphatic carbocycles. The van der Waals surface area contributed by atoms with E-state index in [1.54, 1.807) is 73.8 Å². The van der Waals surface area contributed by atoms with E-state index in [0.717, 1.165) is 29.0 Å². The molecule has 4 aromatic rings. The Labute approximate surface area is 248 Å². The molecule has 1 saturated heterocycles. The number of methoxy groups -OCH3 is 1. The molecule has 1 heterocycles.